The molecule has 0 radical (unpaired) electrons. The second-order valence-corrected chi connectivity index (χ2v) is 5.42. The molecule has 0 saturated carbocycles. The summed E-state index contributed by atoms with van der Waals surface area (Å²) in [7, 11) is 0. The van der Waals surface area contributed by atoms with Crippen LogP contribution in [-0.2, 0) is 6.54 Å². The Kier molecular flexibility index (Phi) is 3.48. The summed E-state index contributed by atoms with van der Waals surface area (Å²) in [6, 6.07) is 14.3. The van der Waals surface area contributed by atoms with E-state index in [9.17, 15) is 0 Å². The predicted molar refractivity (Wildman–Crippen MR) is 87.1 cm³/mol. The molecule has 2 N–H and O–H groups in total. The summed E-state index contributed by atoms with van der Waals surface area (Å²) in [6.45, 7) is 5.08. The standard InChI is InChI=1S/C18H19N3/c1-13-5-3-6-14(2)18(13)12-21-11-16(10-20-21)15-7-4-8-17(19)9-15/h3-11H,12,19H2,1-2H3. The summed E-state index contributed by atoms with van der Waals surface area (Å²) in [6.07, 6.45) is 3.96. The van der Waals surface area contributed by atoms with Crippen LogP contribution in [0, 0.1) is 13.8 Å². The SMILES string of the molecule is Cc1cccc(C)c1Cn1cc(-c2cccc(N)c2)cn1. The van der Waals surface area contributed by atoms with Gasteiger partial charge >= 0.3 is 0 Å². The van der Waals surface area contributed by atoms with E-state index in [-0.39, 0.29) is 0 Å². The number of benzene rings is 2. The summed E-state index contributed by atoms with van der Waals surface area (Å²) in [5.74, 6) is 0. The van der Waals surface area contributed by atoms with Crippen LogP contribution in [0.5, 0.6) is 0 Å². The average Bonchev–Trinajstić information content (AvgIpc) is 2.92. The van der Waals surface area contributed by atoms with Crippen LogP contribution in [0.2, 0.25) is 0 Å². The molecule has 3 nitrogen and oxygen atoms in total. The van der Waals surface area contributed by atoms with E-state index in [2.05, 4.69) is 49.4 Å². The van der Waals surface area contributed by atoms with Crippen molar-refractivity contribution >= 4 is 5.69 Å². The van der Waals surface area contributed by atoms with Crippen molar-refractivity contribution in [3.63, 3.8) is 0 Å². The molecule has 0 unspecified atom stereocenters. The van der Waals surface area contributed by atoms with E-state index >= 15 is 0 Å². The van der Waals surface area contributed by atoms with Crippen molar-refractivity contribution in [3.8, 4) is 11.1 Å². The molecule has 0 fully saturated rings. The van der Waals surface area contributed by atoms with E-state index in [1.807, 2.05) is 29.1 Å². The fourth-order valence-corrected chi connectivity index (χ4v) is 2.58. The first-order valence-electron chi connectivity index (χ1n) is 7.07. The molecule has 1 aromatic heterocycles. The summed E-state index contributed by atoms with van der Waals surface area (Å²) in [5, 5.41) is 4.48. The van der Waals surface area contributed by atoms with Gasteiger partial charge in [-0.2, -0.15) is 5.10 Å². The van der Waals surface area contributed by atoms with Gasteiger partial charge in [0.15, 0.2) is 0 Å². The Morgan fingerprint density at radius 3 is 2.43 bits per heavy atom. The number of hydrogen-bond donors (Lipinski definition) is 1. The number of nitrogens with zero attached hydrogens (tertiary/aromatic N) is 2. The number of nitrogens with two attached hydrogens (primary N) is 1. The lowest BCUT2D eigenvalue weighted by atomic mass is 10.0. The van der Waals surface area contributed by atoms with E-state index < -0.39 is 0 Å². The number of aryl methyl sites for hydroxylation is 2. The minimum atomic E-state index is 0.773. The fraction of sp³-hybridized carbons (Fsp3) is 0.167. The number of aromatic nitrogens is 2. The van der Waals surface area contributed by atoms with Crippen LogP contribution in [0.25, 0.3) is 11.1 Å². The second-order valence-electron chi connectivity index (χ2n) is 5.42. The van der Waals surface area contributed by atoms with Crippen LogP contribution in [-0.4, -0.2) is 9.78 Å². The highest BCUT2D eigenvalue weighted by molar-refractivity contribution is 5.65. The second kappa shape index (κ2) is 5.44. The highest BCUT2D eigenvalue weighted by Gasteiger charge is 2.06. The number of nitrogen functional groups attached to an aromatic ring is 1. The van der Waals surface area contributed by atoms with E-state index in [4.69, 9.17) is 5.73 Å². The van der Waals surface area contributed by atoms with E-state index in [1.165, 1.54) is 16.7 Å². The Balaban J connectivity index is 1.89. The van der Waals surface area contributed by atoms with Gasteiger partial charge in [-0.15, -0.1) is 0 Å². The average molecular weight is 277 g/mol. The van der Waals surface area contributed by atoms with Gasteiger partial charge in [-0.3, -0.25) is 4.68 Å². The normalized spacial score (nSPS) is 10.8. The third kappa shape index (κ3) is 2.82. The van der Waals surface area contributed by atoms with Crippen molar-refractivity contribution in [2.75, 3.05) is 5.73 Å². The molecule has 3 aromatic rings. The topological polar surface area (TPSA) is 43.8 Å². The fourth-order valence-electron chi connectivity index (χ4n) is 2.58. The van der Waals surface area contributed by atoms with Crippen molar-refractivity contribution in [3.05, 3.63) is 71.5 Å². The first-order chi connectivity index (χ1) is 10.1. The van der Waals surface area contributed by atoms with Crippen molar-refractivity contribution in [1.82, 2.24) is 9.78 Å². The highest BCUT2D eigenvalue weighted by atomic mass is 15.3. The van der Waals surface area contributed by atoms with Gasteiger partial charge in [0.1, 0.15) is 0 Å². The molecule has 21 heavy (non-hydrogen) atoms. The zero-order valence-electron chi connectivity index (χ0n) is 12.4. The first-order valence-corrected chi connectivity index (χ1v) is 7.07. The maximum Gasteiger partial charge on any atom is 0.0664 e. The van der Waals surface area contributed by atoms with Crippen LogP contribution in [0.3, 0.4) is 0 Å². The predicted octanol–water partition coefficient (Wildman–Crippen LogP) is 3.80. The Morgan fingerprint density at radius 2 is 1.71 bits per heavy atom. The van der Waals surface area contributed by atoms with Crippen LogP contribution in [0.15, 0.2) is 54.9 Å². The molecule has 0 amide bonds. The van der Waals surface area contributed by atoms with E-state index in [0.717, 1.165) is 23.4 Å². The molecule has 0 aliphatic heterocycles. The lowest BCUT2D eigenvalue weighted by Gasteiger charge is -2.09. The Bertz CT molecular complexity index is 751. The molecule has 0 spiro atoms. The minimum absolute atomic E-state index is 0.773. The largest absolute Gasteiger partial charge is 0.399 e. The zero-order valence-corrected chi connectivity index (χ0v) is 12.4. The molecule has 0 bridgehead atoms. The van der Waals surface area contributed by atoms with Gasteiger partial charge in [0.2, 0.25) is 0 Å². The summed E-state index contributed by atoms with van der Waals surface area (Å²) in [4.78, 5) is 0. The lowest BCUT2D eigenvalue weighted by molar-refractivity contribution is 0.681. The molecule has 0 atom stereocenters. The summed E-state index contributed by atoms with van der Waals surface area (Å²) < 4.78 is 1.98. The third-order valence-corrected chi connectivity index (χ3v) is 3.82. The Labute approximate surface area is 125 Å². The summed E-state index contributed by atoms with van der Waals surface area (Å²) in [5.41, 5.74) is 12.7. The van der Waals surface area contributed by atoms with Gasteiger partial charge in [0.25, 0.3) is 0 Å². The maximum atomic E-state index is 5.84. The molecular weight excluding hydrogens is 258 g/mol. The Morgan fingerprint density at radius 1 is 1.00 bits per heavy atom. The number of anilines is 1. The van der Waals surface area contributed by atoms with Crippen LogP contribution in [0.4, 0.5) is 5.69 Å². The van der Waals surface area contributed by atoms with Gasteiger partial charge in [-0.05, 0) is 48.2 Å². The highest BCUT2D eigenvalue weighted by Crippen LogP contribution is 2.22. The van der Waals surface area contributed by atoms with Crippen LogP contribution in [0.1, 0.15) is 16.7 Å². The molecular formula is C18H19N3. The van der Waals surface area contributed by atoms with Crippen LogP contribution >= 0.6 is 0 Å². The minimum Gasteiger partial charge on any atom is -0.399 e. The molecule has 0 aliphatic carbocycles. The number of rotatable bonds is 3. The monoisotopic (exact) mass is 277 g/mol. The van der Waals surface area contributed by atoms with Crippen molar-refractivity contribution in [2.24, 2.45) is 0 Å². The van der Waals surface area contributed by atoms with E-state index in [1.54, 1.807) is 0 Å². The third-order valence-electron chi connectivity index (χ3n) is 3.82. The smallest absolute Gasteiger partial charge is 0.0664 e. The van der Waals surface area contributed by atoms with Gasteiger partial charge < -0.3 is 5.73 Å². The zero-order chi connectivity index (χ0) is 14.8. The maximum absolute atomic E-state index is 5.84. The molecule has 1 heterocycles. The van der Waals surface area contributed by atoms with Gasteiger partial charge in [-0.1, -0.05) is 30.3 Å². The lowest BCUT2D eigenvalue weighted by Crippen LogP contribution is -2.03. The van der Waals surface area contributed by atoms with Gasteiger partial charge in [0.05, 0.1) is 12.7 Å². The first kappa shape index (κ1) is 13.4. The van der Waals surface area contributed by atoms with Crippen LogP contribution < -0.4 is 5.73 Å². The van der Waals surface area contributed by atoms with Crippen molar-refractivity contribution in [1.29, 1.82) is 0 Å². The molecule has 3 rings (SSSR count). The molecule has 106 valence electrons. The summed E-state index contributed by atoms with van der Waals surface area (Å²) >= 11 is 0. The number of hydrogen-bond acceptors (Lipinski definition) is 2. The van der Waals surface area contributed by atoms with Crippen molar-refractivity contribution < 1.29 is 0 Å². The quantitative estimate of drug-likeness (QED) is 0.740. The molecule has 2 aromatic carbocycles. The Hall–Kier alpha value is -2.55. The van der Waals surface area contributed by atoms with Crippen molar-refractivity contribution in [2.45, 2.75) is 20.4 Å². The van der Waals surface area contributed by atoms with Gasteiger partial charge in [0, 0.05) is 17.4 Å². The molecule has 0 aliphatic rings. The van der Waals surface area contributed by atoms with E-state index in [0.29, 0.717) is 0 Å². The molecule has 0 saturated heterocycles. The molecule has 3 heteroatoms. The van der Waals surface area contributed by atoms with Gasteiger partial charge in [-0.25, -0.2) is 0 Å².